The van der Waals surface area contributed by atoms with Crippen LogP contribution in [0, 0.1) is 0 Å². The van der Waals surface area contributed by atoms with Crippen molar-refractivity contribution in [3.63, 3.8) is 0 Å². The zero-order chi connectivity index (χ0) is 15.4. The summed E-state index contributed by atoms with van der Waals surface area (Å²) >= 11 is 0. The summed E-state index contributed by atoms with van der Waals surface area (Å²) in [6.07, 6.45) is -0.656. The third-order valence-corrected chi connectivity index (χ3v) is 2.70. The molecule has 0 saturated carbocycles. The van der Waals surface area contributed by atoms with E-state index in [-0.39, 0.29) is 13.2 Å². The van der Waals surface area contributed by atoms with Crippen molar-refractivity contribution in [2.75, 3.05) is 26.9 Å². The Morgan fingerprint density at radius 3 is 2.55 bits per heavy atom. The maximum absolute atomic E-state index is 9.44. The van der Waals surface area contributed by atoms with Gasteiger partial charge >= 0.3 is 0 Å². The van der Waals surface area contributed by atoms with Crippen LogP contribution in [0.5, 0.6) is 0 Å². The fourth-order valence-electron chi connectivity index (χ4n) is 1.47. The van der Waals surface area contributed by atoms with Crippen LogP contribution in [0.3, 0.4) is 0 Å². The van der Waals surface area contributed by atoms with Gasteiger partial charge in [0.2, 0.25) is 0 Å². The molecule has 0 saturated heterocycles. The second-order valence-electron chi connectivity index (χ2n) is 4.40. The molecule has 8 nitrogen and oxygen atoms in total. The lowest BCUT2D eigenvalue weighted by Crippen LogP contribution is -2.41. The first-order valence-electron chi connectivity index (χ1n) is 6.69. The Labute approximate surface area is 119 Å². The lowest BCUT2D eigenvalue weighted by molar-refractivity contribution is -0.200. The van der Waals surface area contributed by atoms with E-state index in [1.54, 1.807) is 0 Å². The van der Waals surface area contributed by atoms with Crippen molar-refractivity contribution in [1.82, 2.24) is 0 Å². The summed E-state index contributed by atoms with van der Waals surface area (Å²) in [5.41, 5.74) is 8.58. The molecule has 0 aromatic carbocycles. The van der Waals surface area contributed by atoms with Crippen LogP contribution in [-0.2, 0) is 14.2 Å². The maximum Gasteiger partial charge on any atom is 0.168 e. The van der Waals surface area contributed by atoms with Crippen LogP contribution in [0.2, 0.25) is 0 Å². The fraction of sp³-hybridized carbons (Fsp3) is 1.00. The Balaban J connectivity index is 4.53. The number of methoxy groups -OCH3 is 1. The highest BCUT2D eigenvalue weighted by atomic mass is 16.7. The Morgan fingerprint density at radius 1 is 1.40 bits per heavy atom. The van der Waals surface area contributed by atoms with Gasteiger partial charge in [-0.1, -0.05) is 18.5 Å². The fourth-order valence-corrected chi connectivity index (χ4v) is 1.47. The van der Waals surface area contributed by atoms with Gasteiger partial charge in [0.1, 0.15) is 12.1 Å². The molecule has 1 unspecified atom stereocenters. The molecule has 8 heteroatoms. The van der Waals surface area contributed by atoms with Crippen LogP contribution < -0.4 is 0 Å². The van der Waals surface area contributed by atoms with Gasteiger partial charge in [-0.05, 0) is 18.9 Å². The summed E-state index contributed by atoms with van der Waals surface area (Å²) in [6.45, 7) is 3.89. The third-order valence-electron chi connectivity index (χ3n) is 2.70. The summed E-state index contributed by atoms with van der Waals surface area (Å²) < 4.78 is 15.9. The lowest BCUT2D eigenvalue weighted by atomic mass is 10.2. The summed E-state index contributed by atoms with van der Waals surface area (Å²) in [7, 11) is 1.40. The molecule has 0 aromatic rings. The van der Waals surface area contributed by atoms with E-state index in [2.05, 4.69) is 10.0 Å². The minimum atomic E-state index is -0.890. The van der Waals surface area contributed by atoms with Crippen LogP contribution in [0.25, 0.3) is 10.4 Å². The minimum absolute atomic E-state index is 0.153. The number of rotatable bonds is 12. The number of hydrogen-bond donors (Lipinski definition) is 2. The number of hydrogen-bond acceptors (Lipinski definition) is 6. The SMILES string of the molecule is CCCCOC[C@H](N=[N+]=[N-])[C@@H](OC)OC(CO)[C@H](C)O. The monoisotopic (exact) mass is 291 g/mol. The first kappa shape index (κ1) is 19.1. The van der Waals surface area contributed by atoms with Crippen LogP contribution in [0.1, 0.15) is 26.7 Å². The molecular weight excluding hydrogens is 266 g/mol. The number of nitrogens with zero attached hydrogens (tertiary/aromatic N) is 3. The van der Waals surface area contributed by atoms with Gasteiger partial charge in [-0.15, -0.1) is 0 Å². The maximum atomic E-state index is 9.44. The number of aliphatic hydroxyl groups excluding tert-OH is 2. The highest BCUT2D eigenvalue weighted by Crippen LogP contribution is 2.12. The van der Waals surface area contributed by atoms with Gasteiger partial charge in [0.25, 0.3) is 0 Å². The molecule has 0 fully saturated rings. The lowest BCUT2D eigenvalue weighted by Gasteiger charge is -2.28. The van der Waals surface area contributed by atoms with Gasteiger partial charge in [-0.25, -0.2) is 0 Å². The Morgan fingerprint density at radius 2 is 2.10 bits per heavy atom. The minimum Gasteiger partial charge on any atom is -0.394 e. The molecule has 0 spiro atoms. The zero-order valence-corrected chi connectivity index (χ0v) is 12.3. The van der Waals surface area contributed by atoms with E-state index in [9.17, 15) is 5.11 Å². The first-order chi connectivity index (χ1) is 9.60. The van der Waals surface area contributed by atoms with Crippen molar-refractivity contribution in [1.29, 1.82) is 0 Å². The van der Waals surface area contributed by atoms with Gasteiger partial charge in [-0.3, -0.25) is 0 Å². The van der Waals surface area contributed by atoms with Crippen LogP contribution in [-0.4, -0.2) is 61.7 Å². The highest BCUT2D eigenvalue weighted by Gasteiger charge is 2.26. The Hall–Kier alpha value is -0.890. The van der Waals surface area contributed by atoms with Gasteiger partial charge in [-0.2, -0.15) is 0 Å². The molecule has 0 bridgehead atoms. The standard InChI is InChI=1S/C12H25N3O5/c1-4-5-6-19-8-10(14-15-13)12(18-3)20-11(7-16)9(2)17/h9-12,16-17H,4-8H2,1-3H3/t9-,10-,11?,12-/m0/s1. The normalized spacial score (nSPS) is 17.1. The van der Waals surface area contributed by atoms with E-state index in [0.29, 0.717) is 6.61 Å². The summed E-state index contributed by atoms with van der Waals surface area (Å²) in [4.78, 5) is 2.74. The molecule has 20 heavy (non-hydrogen) atoms. The Bertz CT molecular complexity index is 284. The third kappa shape index (κ3) is 7.64. The quantitative estimate of drug-likeness (QED) is 0.184. The molecule has 0 aromatic heterocycles. The van der Waals surface area contributed by atoms with Crippen LogP contribution in [0.15, 0.2) is 5.11 Å². The van der Waals surface area contributed by atoms with Gasteiger partial charge in [0, 0.05) is 18.6 Å². The van der Waals surface area contributed by atoms with E-state index < -0.39 is 24.5 Å². The number of ether oxygens (including phenoxy) is 3. The average Bonchev–Trinajstić information content (AvgIpc) is 2.43. The van der Waals surface area contributed by atoms with Crippen LogP contribution >= 0.6 is 0 Å². The van der Waals surface area contributed by atoms with Crippen molar-refractivity contribution in [3.8, 4) is 0 Å². The van der Waals surface area contributed by atoms with Crippen molar-refractivity contribution >= 4 is 0 Å². The number of unbranched alkanes of at least 4 members (excludes halogenated alkanes) is 1. The number of azide groups is 1. The second-order valence-corrected chi connectivity index (χ2v) is 4.40. The molecule has 0 heterocycles. The topological polar surface area (TPSA) is 117 Å². The van der Waals surface area contributed by atoms with E-state index in [1.165, 1.54) is 14.0 Å². The second kappa shape index (κ2) is 11.9. The first-order valence-corrected chi connectivity index (χ1v) is 6.69. The molecule has 4 atom stereocenters. The molecule has 0 aliphatic rings. The molecule has 0 amide bonds. The van der Waals surface area contributed by atoms with E-state index in [0.717, 1.165) is 12.8 Å². The summed E-state index contributed by atoms with van der Waals surface area (Å²) in [6, 6.07) is -0.686. The van der Waals surface area contributed by atoms with Gasteiger partial charge < -0.3 is 24.4 Å². The molecule has 0 rings (SSSR count). The van der Waals surface area contributed by atoms with Gasteiger partial charge in [0.05, 0.1) is 19.3 Å². The molecule has 2 N–H and O–H groups in total. The van der Waals surface area contributed by atoms with E-state index >= 15 is 0 Å². The van der Waals surface area contributed by atoms with Crippen molar-refractivity contribution in [3.05, 3.63) is 10.4 Å². The van der Waals surface area contributed by atoms with E-state index in [1.807, 2.05) is 6.92 Å². The molecule has 0 aliphatic heterocycles. The Kier molecular flexibility index (Phi) is 11.4. The predicted octanol–water partition coefficient (Wildman–Crippen LogP) is 1.21. The molecule has 118 valence electrons. The highest BCUT2D eigenvalue weighted by molar-refractivity contribution is 4.74. The van der Waals surface area contributed by atoms with Crippen molar-refractivity contribution < 1.29 is 24.4 Å². The average molecular weight is 291 g/mol. The molecule has 0 radical (unpaired) electrons. The number of aliphatic hydroxyl groups is 2. The predicted molar refractivity (Wildman–Crippen MR) is 73.1 cm³/mol. The van der Waals surface area contributed by atoms with Crippen molar-refractivity contribution in [2.24, 2.45) is 5.11 Å². The van der Waals surface area contributed by atoms with Crippen molar-refractivity contribution in [2.45, 2.75) is 51.2 Å². The zero-order valence-electron chi connectivity index (χ0n) is 12.3. The largest absolute Gasteiger partial charge is 0.394 e. The molecular formula is C12H25N3O5. The summed E-state index contributed by atoms with van der Waals surface area (Å²) in [5, 5.41) is 22.1. The van der Waals surface area contributed by atoms with Gasteiger partial charge in [0.15, 0.2) is 6.29 Å². The smallest absolute Gasteiger partial charge is 0.168 e. The molecule has 0 aliphatic carbocycles. The van der Waals surface area contributed by atoms with Crippen LogP contribution in [0.4, 0.5) is 0 Å². The summed E-state index contributed by atoms with van der Waals surface area (Å²) in [5.74, 6) is 0. The van der Waals surface area contributed by atoms with E-state index in [4.69, 9.17) is 24.8 Å².